The Kier molecular flexibility index (Phi) is 4.60. The Morgan fingerprint density at radius 1 is 1.39 bits per heavy atom. The van der Waals surface area contributed by atoms with Crippen LogP contribution in [0.25, 0.3) is 11.5 Å². The standard InChI is InChI=1S/C12H15N3O2S/c1-16-10-5-2-4-9(8-10)11-14-15-12(17-11)18-7-3-6-13/h2,4-5,8H,3,6-7,13H2,1H3. The van der Waals surface area contributed by atoms with Gasteiger partial charge < -0.3 is 14.9 Å². The van der Waals surface area contributed by atoms with Crippen molar-refractivity contribution in [3.05, 3.63) is 24.3 Å². The van der Waals surface area contributed by atoms with Crippen LogP contribution < -0.4 is 10.5 Å². The van der Waals surface area contributed by atoms with Crippen molar-refractivity contribution in [1.82, 2.24) is 10.2 Å². The van der Waals surface area contributed by atoms with Crippen LogP contribution in [-0.2, 0) is 0 Å². The van der Waals surface area contributed by atoms with Crippen LogP contribution in [0.4, 0.5) is 0 Å². The molecule has 0 amide bonds. The molecule has 0 spiro atoms. The molecule has 1 heterocycles. The molecular formula is C12H15N3O2S. The number of hydrogen-bond acceptors (Lipinski definition) is 6. The number of benzene rings is 1. The summed E-state index contributed by atoms with van der Waals surface area (Å²) in [4.78, 5) is 0. The normalized spacial score (nSPS) is 10.6. The van der Waals surface area contributed by atoms with Gasteiger partial charge in [0.25, 0.3) is 5.22 Å². The quantitative estimate of drug-likeness (QED) is 0.637. The first-order valence-electron chi connectivity index (χ1n) is 5.64. The molecule has 0 saturated carbocycles. The molecule has 0 saturated heterocycles. The Hall–Kier alpha value is -1.53. The number of aromatic nitrogens is 2. The molecular weight excluding hydrogens is 250 g/mol. The van der Waals surface area contributed by atoms with Crippen LogP contribution in [0.15, 0.2) is 33.9 Å². The fourth-order valence-corrected chi connectivity index (χ4v) is 2.11. The molecule has 0 aliphatic rings. The lowest BCUT2D eigenvalue weighted by Gasteiger charge is -2.00. The van der Waals surface area contributed by atoms with Gasteiger partial charge in [0.2, 0.25) is 5.89 Å². The van der Waals surface area contributed by atoms with Crippen molar-refractivity contribution in [2.45, 2.75) is 11.6 Å². The maximum absolute atomic E-state index is 5.56. The van der Waals surface area contributed by atoms with E-state index in [1.165, 1.54) is 11.8 Å². The van der Waals surface area contributed by atoms with E-state index in [2.05, 4.69) is 10.2 Å². The Morgan fingerprint density at radius 3 is 3.06 bits per heavy atom. The van der Waals surface area contributed by atoms with E-state index in [0.717, 1.165) is 23.5 Å². The first kappa shape index (κ1) is 12.9. The van der Waals surface area contributed by atoms with Gasteiger partial charge in [0.05, 0.1) is 7.11 Å². The Balaban J connectivity index is 2.08. The predicted octanol–water partition coefficient (Wildman–Crippen LogP) is 2.19. The van der Waals surface area contributed by atoms with Crippen molar-refractivity contribution in [3.8, 4) is 17.2 Å². The lowest BCUT2D eigenvalue weighted by Crippen LogP contribution is -1.99. The summed E-state index contributed by atoms with van der Waals surface area (Å²) in [6, 6.07) is 7.53. The summed E-state index contributed by atoms with van der Waals surface area (Å²) in [5, 5.41) is 8.57. The Bertz CT molecular complexity index is 502. The van der Waals surface area contributed by atoms with Gasteiger partial charge in [0, 0.05) is 11.3 Å². The van der Waals surface area contributed by atoms with Crippen LogP contribution >= 0.6 is 11.8 Å². The van der Waals surface area contributed by atoms with Gasteiger partial charge >= 0.3 is 0 Å². The van der Waals surface area contributed by atoms with Crippen molar-refractivity contribution in [2.75, 3.05) is 19.4 Å². The van der Waals surface area contributed by atoms with E-state index in [0.29, 0.717) is 17.7 Å². The highest BCUT2D eigenvalue weighted by Gasteiger charge is 2.09. The molecule has 2 rings (SSSR count). The van der Waals surface area contributed by atoms with Crippen LogP contribution in [0.2, 0.25) is 0 Å². The van der Waals surface area contributed by atoms with Crippen LogP contribution in [0, 0.1) is 0 Å². The molecule has 1 aromatic carbocycles. The fourth-order valence-electron chi connectivity index (χ4n) is 1.38. The lowest BCUT2D eigenvalue weighted by molar-refractivity contribution is 0.414. The van der Waals surface area contributed by atoms with Crippen LogP contribution in [0.5, 0.6) is 5.75 Å². The Morgan fingerprint density at radius 2 is 2.28 bits per heavy atom. The molecule has 6 heteroatoms. The van der Waals surface area contributed by atoms with Gasteiger partial charge in [-0.3, -0.25) is 0 Å². The van der Waals surface area contributed by atoms with Crippen molar-refractivity contribution < 1.29 is 9.15 Å². The minimum absolute atomic E-state index is 0.504. The van der Waals surface area contributed by atoms with Crippen molar-refractivity contribution in [2.24, 2.45) is 5.73 Å². The van der Waals surface area contributed by atoms with Crippen LogP contribution in [0.1, 0.15) is 6.42 Å². The van der Waals surface area contributed by atoms with Crippen molar-refractivity contribution in [3.63, 3.8) is 0 Å². The third kappa shape index (κ3) is 3.24. The summed E-state index contributed by atoms with van der Waals surface area (Å²) in [6.07, 6.45) is 0.932. The largest absolute Gasteiger partial charge is 0.497 e. The smallest absolute Gasteiger partial charge is 0.276 e. The molecule has 96 valence electrons. The Labute approximate surface area is 110 Å². The van der Waals surface area contributed by atoms with Crippen LogP contribution in [-0.4, -0.2) is 29.6 Å². The third-order valence-electron chi connectivity index (χ3n) is 2.30. The maximum atomic E-state index is 5.56. The SMILES string of the molecule is COc1cccc(-c2nnc(SCCCN)o2)c1. The number of rotatable bonds is 6. The van der Waals surface area contributed by atoms with Crippen LogP contribution in [0.3, 0.4) is 0 Å². The molecule has 0 unspecified atom stereocenters. The average molecular weight is 265 g/mol. The second-order valence-electron chi connectivity index (χ2n) is 3.60. The molecule has 0 atom stereocenters. The molecule has 0 bridgehead atoms. The maximum Gasteiger partial charge on any atom is 0.276 e. The zero-order chi connectivity index (χ0) is 12.8. The van der Waals surface area contributed by atoms with E-state index in [1.54, 1.807) is 7.11 Å². The van der Waals surface area contributed by atoms with E-state index < -0.39 is 0 Å². The summed E-state index contributed by atoms with van der Waals surface area (Å²) >= 11 is 1.52. The number of methoxy groups -OCH3 is 1. The zero-order valence-electron chi connectivity index (χ0n) is 10.1. The summed E-state index contributed by atoms with van der Waals surface area (Å²) in [7, 11) is 1.63. The molecule has 5 nitrogen and oxygen atoms in total. The first-order chi connectivity index (χ1) is 8.83. The van der Waals surface area contributed by atoms with E-state index >= 15 is 0 Å². The summed E-state index contributed by atoms with van der Waals surface area (Å²) < 4.78 is 10.7. The third-order valence-corrected chi connectivity index (χ3v) is 3.20. The minimum Gasteiger partial charge on any atom is -0.497 e. The number of hydrogen-bond donors (Lipinski definition) is 1. The molecule has 0 aliphatic heterocycles. The second-order valence-corrected chi connectivity index (χ2v) is 4.64. The molecule has 2 aromatic rings. The van der Waals surface area contributed by atoms with Crippen molar-refractivity contribution >= 4 is 11.8 Å². The number of nitrogens with zero attached hydrogens (tertiary/aromatic N) is 2. The van der Waals surface area contributed by atoms with Gasteiger partial charge in [-0.25, -0.2) is 0 Å². The molecule has 2 N–H and O–H groups in total. The summed E-state index contributed by atoms with van der Waals surface area (Å²) in [5.41, 5.74) is 6.28. The predicted molar refractivity (Wildman–Crippen MR) is 70.7 cm³/mol. The van der Waals surface area contributed by atoms with Gasteiger partial charge in [-0.05, 0) is 31.2 Å². The highest BCUT2D eigenvalue weighted by Crippen LogP contribution is 2.25. The van der Waals surface area contributed by atoms with E-state index in [4.69, 9.17) is 14.9 Å². The first-order valence-corrected chi connectivity index (χ1v) is 6.63. The average Bonchev–Trinajstić information content (AvgIpc) is 2.88. The number of nitrogens with two attached hydrogens (primary N) is 1. The van der Waals surface area contributed by atoms with E-state index in [-0.39, 0.29) is 0 Å². The highest BCUT2D eigenvalue weighted by atomic mass is 32.2. The minimum atomic E-state index is 0.504. The second kappa shape index (κ2) is 6.42. The monoisotopic (exact) mass is 265 g/mol. The number of ether oxygens (including phenoxy) is 1. The lowest BCUT2D eigenvalue weighted by atomic mass is 10.2. The summed E-state index contributed by atoms with van der Waals surface area (Å²) in [6.45, 7) is 0.671. The molecule has 0 fully saturated rings. The van der Waals surface area contributed by atoms with E-state index in [9.17, 15) is 0 Å². The molecule has 1 aromatic heterocycles. The van der Waals surface area contributed by atoms with Gasteiger partial charge in [0.15, 0.2) is 0 Å². The topological polar surface area (TPSA) is 74.2 Å². The molecule has 0 aliphatic carbocycles. The van der Waals surface area contributed by atoms with Gasteiger partial charge in [-0.15, -0.1) is 10.2 Å². The van der Waals surface area contributed by atoms with E-state index in [1.807, 2.05) is 24.3 Å². The molecule has 18 heavy (non-hydrogen) atoms. The van der Waals surface area contributed by atoms with Gasteiger partial charge in [0.1, 0.15) is 5.75 Å². The highest BCUT2D eigenvalue weighted by molar-refractivity contribution is 7.99. The van der Waals surface area contributed by atoms with Gasteiger partial charge in [-0.1, -0.05) is 17.8 Å². The summed E-state index contributed by atoms with van der Waals surface area (Å²) in [5.74, 6) is 2.16. The zero-order valence-corrected chi connectivity index (χ0v) is 10.9. The molecule has 0 radical (unpaired) electrons. The fraction of sp³-hybridized carbons (Fsp3) is 0.333. The number of thioether (sulfide) groups is 1. The van der Waals surface area contributed by atoms with Crippen molar-refractivity contribution in [1.29, 1.82) is 0 Å². The van der Waals surface area contributed by atoms with Gasteiger partial charge in [-0.2, -0.15) is 0 Å².